The zero-order chi connectivity index (χ0) is 25.0. The Bertz CT molecular complexity index is 1210. The minimum Gasteiger partial charge on any atom is -0.444 e. The quantitative estimate of drug-likeness (QED) is 0.525. The fourth-order valence-corrected chi connectivity index (χ4v) is 4.94. The van der Waals surface area contributed by atoms with E-state index in [1.165, 1.54) is 0 Å². The largest absolute Gasteiger partial charge is 0.444 e. The number of anilines is 3. The lowest BCUT2D eigenvalue weighted by molar-refractivity contribution is 0.0972. The molecule has 2 aliphatic rings. The Hall–Kier alpha value is -4.14. The number of likely N-dealkylation sites (tertiary alicyclic amines) is 1. The molecule has 2 saturated heterocycles. The lowest BCUT2D eigenvalue weighted by Gasteiger charge is -2.39. The molecule has 0 saturated carbocycles. The second kappa shape index (κ2) is 10.2. The maximum absolute atomic E-state index is 12.6. The molecule has 9 nitrogen and oxygen atoms in total. The van der Waals surface area contributed by atoms with Crippen LogP contribution in [0, 0.1) is 5.41 Å². The molecule has 1 spiro atoms. The monoisotopic (exact) mass is 486 g/mol. The van der Waals surface area contributed by atoms with Crippen LogP contribution in [0.25, 0.3) is 0 Å². The number of piperidine rings is 1. The summed E-state index contributed by atoms with van der Waals surface area (Å²) in [6.07, 6.45) is 7.70. The Labute approximate surface area is 210 Å². The molecule has 0 bridgehead atoms. The first kappa shape index (κ1) is 23.6. The highest BCUT2D eigenvalue weighted by atomic mass is 16.6. The lowest BCUT2D eigenvalue weighted by Crippen LogP contribution is -2.42. The number of nitrogens with zero attached hydrogens (tertiary/aromatic N) is 4. The number of para-hydroxylation sites is 2. The smallest absolute Gasteiger partial charge is 0.410 e. The van der Waals surface area contributed by atoms with E-state index in [2.05, 4.69) is 20.2 Å². The van der Waals surface area contributed by atoms with Crippen molar-refractivity contribution in [3.63, 3.8) is 0 Å². The molecule has 0 atom stereocenters. The van der Waals surface area contributed by atoms with Gasteiger partial charge < -0.3 is 25.6 Å². The highest BCUT2D eigenvalue weighted by molar-refractivity contribution is 6.05. The first-order valence-corrected chi connectivity index (χ1v) is 12.2. The molecule has 4 heterocycles. The number of nitrogens with two attached hydrogens (primary N) is 1. The predicted molar refractivity (Wildman–Crippen MR) is 138 cm³/mol. The van der Waals surface area contributed by atoms with Gasteiger partial charge in [0.25, 0.3) is 5.91 Å². The van der Waals surface area contributed by atoms with Crippen molar-refractivity contribution < 1.29 is 14.3 Å². The normalized spacial score (nSPS) is 16.7. The number of amides is 2. The van der Waals surface area contributed by atoms with Gasteiger partial charge in [-0.1, -0.05) is 18.2 Å². The zero-order valence-electron chi connectivity index (χ0n) is 20.1. The van der Waals surface area contributed by atoms with Crippen molar-refractivity contribution in [2.75, 3.05) is 42.1 Å². The van der Waals surface area contributed by atoms with E-state index in [0.717, 1.165) is 56.8 Å². The molecule has 3 aromatic rings. The SMILES string of the molecule is Nc1ccccc1NC(=O)c1ccc(N2CCC3(CCN(C(=O)OCc4cccnc4)C3)CC2)nc1. The van der Waals surface area contributed by atoms with Crippen molar-refractivity contribution in [1.82, 2.24) is 14.9 Å². The molecule has 2 amide bonds. The maximum Gasteiger partial charge on any atom is 0.410 e. The Morgan fingerprint density at radius 3 is 2.53 bits per heavy atom. The molecule has 0 unspecified atom stereocenters. The average Bonchev–Trinajstić information content (AvgIpc) is 3.33. The van der Waals surface area contributed by atoms with Gasteiger partial charge in [-0.2, -0.15) is 0 Å². The highest BCUT2D eigenvalue weighted by Gasteiger charge is 2.42. The molecule has 1 aromatic carbocycles. The summed E-state index contributed by atoms with van der Waals surface area (Å²) in [5.41, 5.74) is 8.50. The highest BCUT2D eigenvalue weighted by Crippen LogP contribution is 2.41. The fourth-order valence-electron chi connectivity index (χ4n) is 4.94. The number of carbonyl (C=O) groups is 2. The van der Waals surface area contributed by atoms with E-state index in [4.69, 9.17) is 10.5 Å². The average molecular weight is 487 g/mol. The third-order valence-electron chi connectivity index (χ3n) is 7.15. The van der Waals surface area contributed by atoms with E-state index < -0.39 is 0 Å². The number of hydrogen-bond acceptors (Lipinski definition) is 7. The molecule has 36 heavy (non-hydrogen) atoms. The summed E-state index contributed by atoms with van der Waals surface area (Å²) in [6.45, 7) is 3.40. The first-order valence-electron chi connectivity index (χ1n) is 12.2. The van der Waals surface area contributed by atoms with E-state index >= 15 is 0 Å². The Balaban J connectivity index is 1.12. The van der Waals surface area contributed by atoms with E-state index in [-0.39, 0.29) is 24.0 Å². The number of pyridine rings is 2. The van der Waals surface area contributed by atoms with Crippen molar-refractivity contribution >= 4 is 29.2 Å². The number of hydrogen-bond donors (Lipinski definition) is 2. The van der Waals surface area contributed by atoms with E-state index in [1.54, 1.807) is 36.8 Å². The fraction of sp³-hybridized carbons (Fsp3) is 0.333. The topological polar surface area (TPSA) is 114 Å². The molecular formula is C27H30N6O3. The molecule has 0 aliphatic carbocycles. The van der Waals surface area contributed by atoms with Crippen LogP contribution in [0.1, 0.15) is 35.2 Å². The van der Waals surface area contributed by atoms with Gasteiger partial charge >= 0.3 is 6.09 Å². The minimum absolute atomic E-state index is 0.124. The van der Waals surface area contributed by atoms with Crippen LogP contribution in [-0.2, 0) is 11.3 Å². The maximum atomic E-state index is 12.6. The summed E-state index contributed by atoms with van der Waals surface area (Å²) >= 11 is 0. The third kappa shape index (κ3) is 5.25. The zero-order valence-corrected chi connectivity index (χ0v) is 20.1. The second-order valence-electron chi connectivity index (χ2n) is 9.52. The molecule has 2 fully saturated rings. The lowest BCUT2D eigenvalue weighted by atomic mass is 9.78. The van der Waals surface area contributed by atoms with Crippen molar-refractivity contribution in [3.8, 4) is 0 Å². The molecule has 0 radical (unpaired) electrons. The standard InChI is InChI=1S/C27H30N6O3/c28-22-5-1-2-6-23(22)31-25(34)21-7-8-24(30-17-21)32-13-9-27(10-14-32)11-15-33(19-27)26(35)36-18-20-4-3-12-29-16-20/h1-8,12,16-17H,9-11,13-15,18-19,28H2,(H,31,34). The number of nitrogen functional groups attached to an aromatic ring is 1. The molecule has 9 heteroatoms. The second-order valence-corrected chi connectivity index (χ2v) is 9.52. The summed E-state index contributed by atoms with van der Waals surface area (Å²) in [5.74, 6) is 0.609. The summed E-state index contributed by atoms with van der Waals surface area (Å²) < 4.78 is 5.50. The number of nitrogens with one attached hydrogen (secondary N) is 1. The summed E-state index contributed by atoms with van der Waals surface area (Å²) in [5, 5.41) is 2.83. The van der Waals surface area contributed by atoms with Gasteiger partial charge in [0.05, 0.1) is 16.9 Å². The van der Waals surface area contributed by atoms with Gasteiger partial charge in [0.2, 0.25) is 0 Å². The van der Waals surface area contributed by atoms with Gasteiger partial charge in [0.15, 0.2) is 0 Å². The third-order valence-corrected chi connectivity index (χ3v) is 7.15. The van der Waals surface area contributed by atoms with Crippen LogP contribution in [0.15, 0.2) is 67.1 Å². The van der Waals surface area contributed by atoms with Crippen LogP contribution in [-0.4, -0.2) is 53.0 Å². The van der Waals surface area contributed by atoms with Crippen LogP contribution in [0.5, 0.6) is 0 Å². The number of rotatable bonds is 5. The van der Waals surface area contributed by atoms with Crippen molar-refractivity contribution in [1.29, 1.82) is 0 Å². The van der Waals surface area contributed by atoms with Gasteiger partial charge in [-0.15, -0.1) is 0 Å². The first-order chi connectivity index (χ1) is 17.5. The molecule has 2 aliphatic heterocycles. The summed E-state index contributed by atoms with van der Waals surface area (Å²) in [7, 11) is 0. The van der Waals surface area contributed by atoms with Crippen molar-refractivity contribution in [2.24, 2.45) is 5.41 Å². The number of ether oxygens (including phenoxy) is 1. The molecule has 3 N–H and O–H groups in total. The van der Waals surface area contributed by atoms with Gasteiger partial charge in [0.1, 0.15) is 12.4 Å². The van der Waals surface area contributed by atoms with Gasteiger partial charge in [0, 0.05) is 50.3 Å². The predicted octanol–water partition coefficient (Wildman–Crippen LogP) is 3.94. The number of carbonyl (C=O) groups excluding carboxylic acids is 2. The molecule has 2 aromatic heterocycles. The minimum atomic E-state index is -0.258. The summed E-state index contributed by atoms with van der Waals surface area (Å²) in [4.78, 5) is 37.8. The van der Waals surface area contributed by atoms with Crippen LogP contribution < -0.4 is 16.0 Å². The van der Waals surface area contributed by atoms with Crippen molar-refractivity contribution in [3.05, 3.63) is 78.2 Å². The van der Waals surface area contributed by atoms with Crippen LogP contribution in [0.2, 0.25) is 0 Å². The van der Waals surface area contributed by atoms with E-state index in [0.29, 0.717) is 16.9 Å². The Morgan fingerprint density at radius 1 is 1.00 bits per heavy atom. The van der Waals surface area contributed by atoms with Crippen molar-refractivity contribution in [2.45, 2.75) is 25.9 Å². The van der Waals surface area contributed by atoms with Gasteiger partial charge in [-0.3, -0.25) is 9.78 Å². The molecule has 5 rings (SSSR count). The van der Waals surface area contributed by atoms with E-state index in [9.17, 15) is 9.59 Å². The summed E-state index contributed by atoms with van der Waals surface area (Å²) in [6, 6.07) is 14.6. The van der Waals surface area contributed by atoms with Gasteiger partial charge in [-0.05, 0) is 55.0 Å². The van der Waals surface area contributed by atoms with E-state index in [1.807, 2.05) is 35.2 Å². The number of benzene rings is 1. The van der Waals surface area contributed by atoms with Gasteiger partial charge in [-0.25, -0.2) is 9.78 Å². The molecular weight excluding hydrogens is 456 g/mol. The Kier molecular flexibility index (Phi) is 6.71. The number of aromatic nitrogens is 2. The van der Waals surface area contributed by atoms with Crippen LogP contribution in [0.3, 0.4) is 0 Å². The van der Waals surface area contributed by atoms with Crippen LogP contribution in [0.4, 0.5) is 22.0 Å². The molecule has 186 valence electrons. The van der Waals surface area contributed by atoms with Crippen LogP contribution >= 0.6 is 0 Å². The Morgan fingerprint density at radius 2 is 1.81 bits per heavy atom.